The maximum atomic E-state index is 6.34. The molecule has 2 aromatic rings. The summed E-state index contributed by atoms with van der Waals surface area (Å²) in [6, 6.07) is 14.6. The van der Waals surface area contributed by atoms with Crippen LogP contribution in [0, 0.1) is 0 Å². The Hall–Kier alpha value is -1.02. The van der Waals surface area contributed by atoms with E-state index in [1.54, 1.807) is 0 Å². The fraction of sp³-hybridized carbons (Fsp3) is 0.333. The van der Waals surface area contributed by atoms with Crippen LogP contribution in [-0.4, -0.2) is 6.54 Å². The minimum Gasteiger partial charge on any atom is -0.310 e. The van der Waals surface area contributed by atoms with E-state index in [0.29, 0.717) is 0 Å². The summed E-state index contributed by atoms with van der Waals surface area (Å²) in [5.41, 5.74) is 3.72. The molecule has 21 heavy (non-hydrogen) atoms. The summed E-state index contributed by atoms with van der Waals surface area (Å²) >= 11 is 12.5. The number of aryl methyl sites for hydroxylation is 1. The molecule has 0 fully saturated rings. The van der Waals surface area contributed by atoms with Gasteiger partial charge in [-0.25, -0.2) is 0 Å². The quantitative estimate of drug-likeness (QED) is 0.746. The Bertz CT molecular complexity index is 578. The van der Waals surface area contributed by atoms with Gasteiger partial charge in [-0.15, -0.1) is 0 Å². The van der Waals surface area contributed by atoms with Crippen molar-refractivity contribution in [3.05, 3.63) is 69.2 Å². The first kappa shape index (κ1) is 16.4. The minimum absolute atomic E-state index is 0.175. The maximum Gasteiger partial charge on any atom is 0.0454 e. The van der Waals surface area contributed by atoms with Gasteiger partial charge in [0.05, 0.1) is 0 Å². The molecular weight excluding hydrogens is 301 g/mol. The van der Waals surface area contributed by atoms with E-state index in [2.05, 4.69) is 43.4 Å². The molecule has 0 aliphatic carbocycles. The molecular formula is C18H21Cl2N. The summed E-state index contributed by atoms with van der Waals surface area (Å²) in [6.07, 6.45) is 1.97. The van der Waals surface area contributed by atoms with Crippen molar-refractivity contribution in [2.75, 3.05) is 6.54 Å². The van der Waals surface area contributed by atoms with Crippen molar-refractivity contribution in [1.82, 2.24) is 5.32 Å². The molecule has 0 radical (unpaired) electrons. The molecule has 1 nitrogen and oxygen atoms in total. The fourth-order valence-corrected chi connectivity index (χ4v) is 2.90. The van der Waals surface area contributed by atoms with Crippen LogP contribution in [0.25, 0.3) is 0 Å². The summed E-state index contributed by atoms with van der Waals surface area (Å²) in [6.45, 7) is 5.16. The molecule has 0 aliphatic rings. The second-order valence-electron chi connectivity index (χ2n) is 5.15. The first-order valence-corrected chi connectivity index (χ1v) is 8.15. The highest BCUT2D eigenvalue weighted by molar-refractivity contribution is 6.33. The molecule has 0 saturated heterocycles. The van der Waals surface area contributed by atoms with Gasteiger partial charge in [-0.3, -0.25) is 0 Å². The van der Waals surface area contributed by atoms with Gasteiger partial charge >= 0.3 is 0 Å². The number of hydrogen-bond acceptors (Lipinski definition) is 1. The van der Waals surface area contributed by atoms with Crippen LogP contribution >= 0.6 is 23.2 Å². The average molecular weight is 322 g/mol. The van der Waals surface area contributed by atoms with Gasteiger partial charge in [0.15, 0.2) is 0 Å². The van der Waals surface area contributed by atoms with Gasteiger partial charge < -0.3 is 5.32 Å². The molecule has 0 spiro atoms. The minimum atomic E-state index is 0.175. The van der Waals surface area contributed by atoms with Gasteiger partial charge in [-0.05, 0) is 54.3 Å². The second-order valence-corrected chi connectivity index (χ2v) is 5.99. The Kier molecular flexibility index (Phi) is 6.10. The lowest BCUT2D eigenvalue weighted by molar-refractivity contribution is 0.550. The Balaban J connectivity index is 2.23. The third kappa shape index (κ3) is 4.47. The van der Waals surface area contributed by atoms with Crippen LogP contribution in [0.4, 0.5) is 0 Å². The average Bonchev–Trinajstić information content (AvgIpc) is 2.50. The second kappa shape index (κ2) is 7.84. The summed E-state index contributed by atoms with van der Waals surface area (Å²) in [7, 11) is 0. The van der Waals surface area contributed by atoms with E-state index in [-0.39, 0.29) is 6.04 Å². The molecule has 0 amide bonds. The van der Waals surface area contributed by atoms with Crippen molar-refractivity contribution in [2.24, 2.45) is 0 Å². The number of halogens is 2. The molecule has 1 N–H and O–H groups in total. The molecule has 0 bridgehead atoms. The molecule has 3 heteroatoms. The van der Waals surface area contributed by atoms with Crippen LogP contribution in [0.15, 0.2) is 42.5 Å². The van der Waals surface area contributed by atoms with E-state index < -0.39 is 0 Å². The number of likely N-dealkylation sites (N-methyl/N-ethyl adjacent to an activating group) is 1. The van der Waals surface area contributed by atoms with Gasteiger partial charge in [0.25, 0.3) is 0 Å². The topological polar surface area (TPSA) is 12.0 Å². The van der Waals surface area contributed by atoms with Crippen LogP contribution in [0.5, 0.6) is 0 Å². The van der Waals surface area contributed by atoms with Gasteiger partial charge in [-0.1, -0.05) is 61.3 Å². The predicted octanol–water partition coefficient (Wildman–Crippen LogP) is 5.45. The summed E-state index contributed by atoms with van der Waals surface area (Å²) < 4.78 is 0. The van der Waals surface area contributed by atoms with Gasteiger partial charge in [0.1, 0.15) is 0 Å². The number of nitrogens with one attached hydrogen (secondary N) is 1. The molecule has 1 unspecified atom stereocenters. The van der Waals surface area contributed by atoms with Crippen molar-refractivity contribution >= 4 is 23.2 Å². The SMILES string of the molecule is CCNC(Cc1ccc(CC)cc1)c1cc(Cl)ccc1Cl. The Morgan fingerprint density at radius 1 is 0.952 bits per heavy atom. The molecule has 2 aromatic carbocycles. The number of benzene rings is 2. The first-order chi connectivity index (χ1) is 10.1. The predicted molar refractivity (Wildman–Crippen MR) is 92.4 cm³/mol. The number of rotatable bonds is 6. The normalized spacial score (nSPS) is 12.4. The van der Waals surface area contributed by atoms with Crippen LogP contribution in [-0.2, 0) is 12.8 Å². The Labute approximate surface area is 137 Å². The fourth-order valence-electron chi connectivity index (χ4n) is 2.47. The van der Waals surface area contributed by atoms with Crippen molar-refractivity contribution in [1.29, 1.82) is 0 Å². The lowest BCUT2D eigenvalue weighted by Gasteiger charge is -2.20. The molecule has 2 rings (SSSR count). The van der Waals surface area contributed by atoms with Crippen molar-refractivity contribution in [3.63, 3.8) is 0 Å². The van der Waals surface area contributed by atoms with Gasteiger partial charge in [0, 0.05) is 16.1 Å². The highest BCUT2D eigenvalue weighted by atomic mass is 35.5. The molecule has 1 atom stereocenters. The lowest BCUT2D eigenvalue weighted by Crippen LogP contribution is -2.23. The van der Waals surface area contributed by atoms with E-state index in [1.807, 2.05) is 18.2 Å². The van der Waals surface area contributed by atoms with E-state index in [9.17, 15) is 0 Å². The standard InChI is InChI=1S/C18H21Cl2N/c1-3-13-5-7-14(8-6-13)11-18(21-4-2)16-12-15(19)9-10-17(16)20/h5-10,12,18,21H,3-4,11H2,1-2H3. The largest absolute Gasteiger partial charge is 0.310 e. The van der Waals surface area contributed by atoms with E-state index in [0.717, 1.165) is 35.0 Å². The maximum absolute atomic E-state index is 6.34. The van der Waals surface area contributed by atoms with Crippen molar-refractivity contribution < 1.29 is 0 Å². The van der Waals surface area contributed by atoms with E-state index in [1.165, 1.54) is 11.1 Å². The zero-order chi connectivity index (χ0) is 15.2. The third-order valence-electron chi connectivity index (χ3n) is 3.66. The molecule has 0 heterocycles. The van der Waals surface area contributed by atoms with Crippen molar-refractivity contribution in [3.8, 4) is 0 Å². The van der Waals surface area contributed by atoms with Gasteiger partial charge in [-0.2, -0.15) is 0 Å². The summed E-state index contributed by atoms with van der Waals surface area (Å²) in [4.78, 5) is 0. The zero-order valence-corrected chi connectivity index (χ0v) is 14.0. The molecule has 0 aliphatic heterocycles. The molecule has 0 aromatic heterocycles. The summed E-state index contributed by atoms with van der Waals surface area (Å²) in [5.74, 6) is 0. The van der Waals surface area contributed by atoms with E-state index >= 15 is 0 Å². The third-order valence-corrected chi connectivity index (χ3v) is 4.23. The highest BCUT2D eigenvalue weighted by Gasteiger charge is 2.15. The summed E-state index contributed by atoms with van der Waals surface area (Å²) in [5, 5.41) is 4.98. The lowest BCUT2D eigenvalue weighted by atomic mass is 9.97. The van der Waals surface area contributed by atoms with Gasteiger partial charge in [0.2, 0.25) is 0 Å². The number of hydrogen-bond donors (Lipinski definition) is 1. The Morgan fingerprint density at radius 2 is 1.62 bits per heavy atom. The molecule has 0 saturated carbocycles. The molecule has 112 valence electrons. The first-order valence-electron chi connectivity index (χ1n) is 7.40. The Morgan fingerprint density at radius 3 is 2.24 bits per heavy atom. The monoisotopic (exact) mass is 321 g/mol. The van der Waals surface area contributed by atoms with E-state index in [4.69, 9.17) is 23.2 Å². The van der Waals surface area contributed by atoms with Crippen molar-refractivity contribution in [2.45, 2.75) is 32.7 Å². The highest BCUT2D eigenvalue weighted by Crippen LogP contribution is 2.28. The van der Waals surface area contributed by atoms with Crippen LogP contribution in [0.1, 0.15) is 36.6 Å². The van der Waals surface area contributed by atoms with Crippen LogP contribution in [0.3, 0.4) is 0 Å². The smallest absolute Gasteiger partial charge is 0.0454 e. The van der Waals surface area contributed by atoms with Crippen LogP contribution in [0.2, 0.25) is 10.0 Å². The van der Waals surface area contributed by atoms with Crippen LogP contribution < -0.4 is 5.32 Å². The zero-order valence-electron chi connectivity index (χ0n) is 12.5.